The molecule has 1 rings (SSSR count). The van der Waals surface area contributed by atoms with Gasteiger partial charge in [0.1, 0.15) is 12.3 Å². The second-order valence-electron chi connectivity index (χ2n) is 4.70. The first-order valence-electron chi connectivity index (χ1n) is 7.41. The molecule has 0 aliphatic rings. The third-order valence-electron chi connectivity index (χ3n) is 2.78. The Labute approximate surface area is 144 Å². The first-order chi connectivity index (χ1) is 11.4. The number of H-pyrrole nitrogens is 1. The Bertz CT molecular complexity index is 642. The molecule has 3 N–H and O–H groups in total. The number of amides is 1. The number of carbonyl (C=O) groups excluding carboxylic acids is 2. The largest absolute Gasteiger partial charge is 0.395 e. The van der Waals surface area contributed by atoms with Crippen molar-refractivity contribution in [2.45, 2.75) is 33.4 Å². The van der Waals surface area contributed by atoms with Gasteiger partial charge >= 0.3 is 0 Å². The van der Waals surface area contributed by atoms with Crippen LogP contribution in [0.2, 0.25) is 0 Å². The van der Waals surface area contributed by atoms with Crippen LogP contribution in [0.15, 0.2) is 17.1 Å². The van der Waals surface area contributed by atoms with E-state index in [9.17, 15) is 18.9 Å². The fourth-order valence-electron chi connectivity index (χ4n) is 1.73. The van der Waals surface area contributed by atoms with Crippen LogP contribution in [0.25, 0.3) is 0 Å². The zero-order valence-electron chi connectivity index (χ0n) is 13.9. The van der Waals surface area contributed by atoms with Crippen molar-refractivity contribution >= 4 is 23.9 Å². The molecule has 1 heterocycles. The third kappa shape index (κ3) is 7.57. The Kier molecular flexibility index (Phi) is 10.7. The van der Waals surface area contributed by atoms with Crippen molar-refractivity contribution in [1.29, 1.82) is 0 Å². The van der Waals surface area contributed by atoms with Crippen LogP contribution < -0.4 is 11.1 Å². The van der Waals surface area contributed by atoms with E-state index >= 15 is 0 Å². The van der Waals surface area contributed by atoms with Crippen molar-refractivity contribution in [2.24, 2.45) is 0 Å². The molecule has 0 aliphatic heterocycles. The van der Waals surface area contributed by atoms with Crippen LogP contribution >= 0.6 is 12.2 Å². The first kappa shape index (κ1) is 22.1. The maximum absolute atomic E-state index is 12.5. The number of aliphatic hydroxyl groups is 1. The number of nitrogens with zero attached hydrogens (tertiary/aromatic N) is 2. The van der Waals surface area contributed by atoms with E-state index in [2.05, 4.69) is 4.98 Å². The van der Waals surface area contributed by atoms with E-state index in [0.29, 0.717) is 0 Å². The lowest BCUT2D eigenvalue weighted by molar-refractivity contribution is -0.136. The Balaban J connectivity index is 0.00000254. The second-order valence-corrected chi connectivity index (χ2v) is 5.09. The molecule has 0 aliphatic carbocycles. The second kappa shape index (κ2) is 11.6. The van der Waals surface area contributed by atoms with Gasteiger partial charge in [-0.1, -0.05) is 13.8 Å². The van der Waals surface area contributed by atoms with Crippen LogP contribution in [-0.4, -0.2) is 57.0 Å². The molecule has 1 amide bonds. The number of aliphatic hydroxyl groups excluding tert-OH is 1. The van der Waals surface area contributed by atoms with Gasteiger partial charge in [0.05, 0.1) is 19.2 Å². The molecule has 1 atom stereocenters. The average Bonchev–Trinajstić information content (AvgIpc) is 2.55. The topological polar surface area (TPSA) is 107 Å². The highest BCUT2D eigenvalue weighted by Gasteiger charge is 2.20. The number of hydrogen-bond donors (Lipinski definition) is 3. The number of halogens is 1. The van der Waals surface area contributed by atoms with Gasteiger partial charge in [0.25, 0.3) is 5.56 Å². The third-order valence-corrected chi connectivity index (χ3v) is 3.12. The highest BCUT2D eigenvalue weighted by molar-refractivity contribution is 7.71. The highest BCUT2D eigenvalue weighted by Crippen LogP contribution is 1.99. The molecule has 1 aromatic rings. The van der Waals surface area contributed by atoms with Crippen molar-refractivity contribution in [3.8, 4) is 0 Å². The number of carbonyl (C=O) groups is 2. The Morgan fingerprint density at radius 1 is 1.50 bits per heavy atom. The van der Waals surface area contributed by atoms with Crippen molar-refractivity contribution in [3.63, 3.8) is 0 Å². The molecule has 0 radical (unpaired) electrons. The summed E-state index contributed by atoms with van der Waals surface area (Å²) in [6.45, 7) is 4.15. The van der Waals surface area contributed by atoms with E-state index < -0.39 is 24.1 Å². The van der Waals surface area contributed by atoms with Gasteiger partial charge in [-0.3, -0.25) is 19.4 Å². The number of hydrogen-bond acceptors (Lipinski definition) is 6. The van der Waals surface area contributed by atoms with E-state index in [1.165, 1.54) is 29.3 Å². The summed E-state index contributed by atoms with van der Waals surface area (Å²) >= 11 is 4.92. The summed E-state index contributed by atoms with van der Waals surface area (Å²) in [7, 11) is 0. The van der Waals surface area contributed by atoms with Gasteiger partial charge in [0.15, 0.2) is 4.77 Å². The van der Waals surface area contributed by atoms with Gasteiger partial charge in [-0.25, -0.2) is 0 Å². The van der Waals surface area contributed by atoms with Crippen molar-refractivity contribution in [2.75, 3.05) is 19.7 Å². The molecule has 24 heavy (non-hydrogen) atoms. The number of aromatic amines is 1. The van der Waals surface area contributed by atoms with Gasteiger partial charge in [0.2, 0.25) is 5.91 Å². The van der Waals surface area contributed by atoms with Crippen molar-refractivity contribution < 1.29 is 19.2 Å². The normalized spacial score (nSPS) is 11.2. The number of ketones is 1. The fourth-order valence-corrected chi connectivity index (χ4v) is 1.96. The van der Waals surface area contributed by atoms with Gasteiger partial charge < -0.3 is 14.6 Å². The lowest BCUT2D eigenvalue weighted by Gasteiger charge is -2.25. The summed E-state index contributed by atoms with van der Waals surface area (Å²) in [4.78, 5) is 38.0. The predicted molar refractivity (Wildman–Crippen MR) is 89.6 cm³/mol. The molecule has 1 aromatic heterocycles. The van der Waals surface area contributed by atoms with E-state index in [1.807, 2.05) is 13.8 Å². The number of nitrogens with one attached hydrogen (secondary N) is 2. The van der Waals surface area contributed by atoms with Crippen LogP contribution in [-0.2, 0) is 16.1 Å². The summed E-state index contributed by atoms with van der Waals surface area (Å²) in [5.74, 6) is -0.777. The monoisotopic (exact) mass is 362 g/mol. The summed E-state index contributed by atoms with van der Waals surface area (Å²) in [6.07, 6.45) is 1.35. The van der Waals surface area contributed by atoms with Crippen LogP contribution in [0, 0.1) is 4.77 Å². The number of aromatic nitrogens is 2. The first-order valence-corrected chi connectivity index (χ1v) is 7.82. The number of Topliss-reactive ketones (excluding diaryl/α,β-unsaturated/α-hetero) is 1. The maximum Gasteiger partial charge on any atom is 0.251 e. The van der Waals surface area contributed by atoms with Crippen molar-refractivity contribution in [3.05, 3.63) is 27.4 Å². The van der Waals surface area contributed by atoms with E-state index in [-0.39, 0.29) is 30.2 Å². The Hall–Kier alpha value is -1.91. The van der Waals surface area contributed by atoms with E-state index in [0.717, 1.165) is 4.90 Å². The summed E-state index contributed by atoms with van der Waals surface area (Å²) in [5, 5.41) is 8.97. The SMILES string of the molecule is CC.CC(=O)CN(CC(CO)NF)C(=O)Cn1ccc(=O)[nH]c1=S. The molecule has 10 heteroatoms. The zero-order valence-corrected chi connectivity index (χ0v) is 14.7. The standard InChI is InChI=1S/C12H17FN4O4S.C2H6/c1-8(19)4-17(5-9(7-18)15-13)11(21)6-16-3-2-10(20)14-12(16)22;1-2/h2-3,9,15,18H,4-7H2,1H3,(H,14,20,22);1-2H3. The molecule has 136 valence electrons. The number of rotatable bonds is 8. The van der Waals surface area contributed by atoms with Crippen LogP contribution in [0.4, 0.5) is 4.48 Å². The molecule has 0 saturated carbocycles. The molecular formula is C14H23FN4O4S. The van der Waals surface area contributed by atoms with Crippen LogP contribution in [0.3, 0.4) is 0 Å². The molecule has 8 nitrogen and oxygen atoms in total. The van der Waals surface area contributed by atoms with Gasteiger partial charge in [-0.2, -0.15) is 5.54 Å². The summed E-state index contributed by atoms with van der Waals surface area (Å²) in [5.41, 5.74) is 0.971. The summed E-state index contributed by atoms with van der Waals surface area (Å²) in [6, 6.07) is 0.213. The minimum absolute atomic E-state index is 0.0611. The summed E-state index contributed by atoms with van der Waals surface area (Å²) < 4.78 is 13.8. The van der Waals surface area contributed by atoms with Crippen LogP contribution in [0.1, 0.15) is 20.8 Å². The van der Waals surface area contributed by atoms with Gasteiger partial charge in [0, 0.05) is 18.8 Å². The van der Waals surface area contributed by atoms with Gasteiger partial charge in [-0.15, -0.1) is 4.48 Å². The van der Waals surface area contributed by atoms with E-state index in [4.69, 9.17) is 17.3 Å². The molecular weight excluding hydrogens is 339 g/mol. The lowest BCUT2D eigenvalue weighted by atomic mass is 10.2. The molecule has 0 aromatic carbocycles. The molecule has 0 saturated heterocycles. The van der Waals surface area contributed by atoms with Gasteiger partial charge in [-0.05, 0) is 19.1 Å². The molecule has 1 unspecified atom stereocenters. The smallest absolute Gasteiger partial charge is 0.251 e. The Morgan fingerprint density at radius 2 is 2.12 bits per heavy atom. The minimum atomic E-state index is -0.994. The Morgan fingerprint density at radius 3 is 2.58 bits per heavy atom. The maximum atomic E-state index is 12.5. The molecule has 0 fully saturated rings. The molecule has 0 bridgehead atoms. The average molecular weight is 362 g/mol. The van der Waals surface area contributed by atoms with E-state index in [1.54, 1.807) is 0 Å². The zero-order chi connectivity index (χ0) is 18.7. The lowest BCUT2D eigenvalue weighted by Crippen LogP contribution is -2.46. The predicted octanol–water partition coefficient (Wildman–Crippen LogP) is 0.185. The molecule has 0 spiro atoms. The van der Waals surface area contributed by atoms with Crippen molar-refractivity contribution in [1.82, 2.24) is 20.0 Å². The highest BCUT2D eigenvalue weighted by atomic mass is 32.1. The quantitative estimate of drug-likeness (QED) is 0.450. The van der Waals surface area contributed by atoms with Crippen LogP contribution in [0.5, 0.6) is 0 Å². The fraction of sp³-hybridized carbons (Fsp3) is 0.571. The minimum Gasteiger partial charge on any atom is -0.395 e.